The van der Waals surface area contributed by atoms with Gasteiger partial charge in [-0.1, -0.05) is 44.5 Å². The van der Waals surface area contributed by atoms with Crippen LogP contribution in [0.15, 0.2) is 36.4 Å². The number of aryl methyl sites for hydroxylation is 2. The van der Waals surface area contributed by atoms with E-state index >= 15 is 0 Å². The molecule has 33 heavy (non-hydrogen) atoms. The summed E-state index contributed by atoms with van der Waals surface area (Å²) in [6.07, 6.45) is 0.491. The Hall–Kier alpha value is -2.73. The molecule has 0 radical (unpaired) electrons. The van der Waals surface area contributed by atoms with Gasteiger partial charge in [0.05, 0.1) is 7.11 Å². The number of benzene rings is 2. The lowest BCUT2D eigenvalue weighted by atomic mass is 10.1. The summed E-state index contributed by atoms with van der Waals surface area (Å²) in [5.74, 6) is 1.20. The molecule has 2 rings (SSSR count). The molecule has 0 saturated heterocycles. The summed E-state index contributed by atoms with van der Waals surface area (Å²) < 4.78 is 11.0. The van der Waals surface area contributed by atoms with Crippen LogP contribution in [-0.4, -0.2) is 43.0 Å². The van der Waals surface area contributed by atoms with E-state index in [2.05, 4.69) is 5.32 Å². The van der Waals surface area contributed by atoms with Crippen LogP contribution < -0.4 is 14.8 Å². The van der Waals surface area contributed by atoms with E-state index in [9.17, 15) is 9.59 Å². The highest BCUT2D eigenvalue weighted by atomic mass is 35.5. The SMILES string of the molecule is CCC(C(=O)NCC(C)C)N(Cc1ccc(OC)cc1)C(=O)COc1cc(C)c(Cl)c(C)c1. The first-order chi connectivity index (χ1) is 15.7. The predicted molar refractivity (Wildman–Crippen MR) is 132 cm³/mol. The third kappa shape index (κ3) is 7.67. The van der Waals surface area contributed by atoms with E-state index in [4.69, 9.17) is 21.1 Å². The zero-order chi connectivity index (χ0) is 24.5. The van der Waals surface area contributed by atoms with Gasteiger partial charge in [-0.3, -0.25) is 9.59 Å². The fraction of sp³-hybridized carbons (Fsp3) is 0.462. The Kier molecular flexibility index (Phi) is 10.0. The molecule has 0 aliphatic carbocycles. The van der Waals surface area contributed by atoms with E-state index in [0.717, 1.165) is 22.4 Å². The normalized spacial score (nSPS) is 11.8. The predicted octanol–water partition coefficient (Wildman–Crippen LogP) is 4.92. The van der Waals surface area contributed by atoms with Crippen molar-refractivity contribution in [1.29, 1.82) is 0 Å². The van der Waals surface area contributed by atoms with Crippen LogP contribution in [0.25, 0.3) is 0 Å². The molecule has 0 spiro atoms. The lowest BCUT2D eigenvalue weighted by molar-refractivity contribution is -0.143. The van der Waals surface area contributed by atoms with Crippen molar-refractivity contribution < 1.29 is 19.1 Å². The first-order valence-corrected chi connectivity index (χ1v) is 11.6. The first kappa shape index (κ1) is 26.5. The van der Waals surface area contributed by atoms with Crippen LogP contribution >= 0.6 is 11.6 Å². The topological polar surface area (TPSA) is 67.9 Å². The van der Waals surface area contributed by atoms with Gasteiger partial charge in [-0.25, -0.2) is 0 Å². The molecular formula is C26H35ClN2O4. The minimum atomic E-state index is -0.601. The number of carbonyl (C=O) groups is 2. The van der Waals surface area contributed by atoms with Crippen molar-refractivity contribution in [2.45, 2.75) is 53.6 Å². The van der Waals surface area contributed by atoms with Crippen molar-refractivity contribution in [2.24, 2.45) is 5.92 Å². The Bertz CT molecular complexity index is 921. The van der Waals surface area contributed by atoms with Gasteiger partial charge >= 0.3 is 0 Å². The Morgan fingerprint density at radius 3 is 2.18 bits per heavy atom. The Morgan fingerprint density at radius 1 is 1.06 bits per heavy atom. The standard InChI is InChI=1S/C26H35ClN2O4/c1-7-23(26(31)28-14-17(2)3)29(15-20-8-10-21(32-6)11-9-20)24(30)16-33-22-12-18(4)25(27)19(5)13-22/h8-13,17,23H,7,14-16H2,1-6H3,(H,28,31). The maximum atomic E-state index is 13.3. The lowest BCUT2D eigenvalue weighted by Crippen LogP contribution is -2.50. The number of nitrogens with zero attached hydrogens (tertiary/aromatic N) is 1. The van der Waals surface area contributed by atoms with Gasteiger partial charge in [-0.05, 0) is 67.1 Å². The van der Waals surface area contributed by atoms with Crippen LogP contribution in [0.5, 0.6) is 11.5 Å². The molecule has 6 nitrogen and oxygen atoms in total. The fourth-order valence-corrected chi connectivity index (χ4v) is 3.60. The maximum Gasteiger partial charge on any atom is 0.261 e. The van der Waals surface area contributed by atoms with Gasteiger partial charge in [0.25, 0.3) is 5.91 Å². The van der Waals surface area contributed by atoms with E-state index < -0.39 is 6.04 Å². The molecule has 2 amide bonds. The van der Waals surface area contributed by atoms with Crippen LogP contribution in [0.3, 0.4) is 0 Å². The van der Waals surface area contributed by atoms with E-state index in [1.807, 2.05) is 71.0 Å². The Labute approximate surface area is 202 Å². The molecule has 1 atom stereocenters. The van der Waals surface area contributed by atoms with Crippen LogP contribution in [0.1, 0.15) is 43.9 Å². The molecule has 2 aromatic carbocycles. The largest absolute Gasteiger partial charge is 0.497 e. The number of hydrogen-bond acceptors (Lipinski definition) is 4. The second-order valence-corrected chi connectivity index (χ2v) is 8.97. The summed E-state index contributed by atoms with van der Waals surface area (Å²) in [6.45, 7) is 10.4. The summed E-state index contributed by atoms with van der Waals surface area (Å²) in [7, 11) is 1.61. The second-order valence-electron chi connectivity index (χ2n) is 8.59. The molecule has 0 aromatic heterocycles. The molecule has 1 unspecified atom stereocenters. The number of amides is 2. The number of carbonyl (C=O) groups excluding carboxylic acids is 2. The zero-order valence-electron chi connectivity index (χ0n) is 20.4. The lowest BCUT2D eigenvalue weighted by Gasteiger charge is -2.31. The van der Waals surface area contributed by atoms with Crippen molar-refractivity contribution in [1.82, 2.24) is 10.2 Å². The van der Waals surface area contributed by atoms with Crippen molar-refractivity contribution in [3.05, 3.63) is 58.1 Å². The minimum absolute atomic E-state index is 0.161. The number of halogens is 1. The highest BCUT2D eigenvalue weighted by Crippen LogP contribution is 2.26. The van der Waals surface area contributed by atoms with E-state index in [1.54, 1.807) is 12.0 Å². The van der Waals surface area contributed by atoms with Crippen LogP contribution in [0.4, 0.5) is 0 Å². The molecule has 0 fully saturated rings. The molecule has 0 aliphatic heterocycles. The Morgan fingerprint density at radius 2 is 1.67 bits per heavy atom. The van der Waals surface area contributed by atoms with E-state index in [0.29, 0.717) is 36.2 Å². The first-order valence-electron chi connectivity index (χ1n) is 11.3. The number of nitrogens with one attached hydrogen (secondary N) is 1. The quantitative estimate of drug-likeness (QED) is 0.501. The average molecular weight is 475 g/mol. The summed E-state index contributed by atoms with van der Waals surface area (Å²) in [5, 5.41) is 3.64. The fourth-order valence-electron chi connectivity index (χ4n) is 3.49. The molecule has 0 heterocycles. The molecule has 2 aromatic rings. The molecule has 0 bridgehead atoms. The minimum Gasteiger partial charge on any atom is -0.497 e. The third-order valence-corrected chi connectivity index (χ3v) is 5.95. The third-order valence-electron chi connectivity index (χ3n) is 5.35. The molecule has 180 valence electrons. The van der Waals surface area contributed by atoms with Crippen molar-refractivity contribution in [3.8, 4) is 11.5 Å². The van der Waals surface area contributed by atoms with Crippen molar-refractivity contribution in [3.63, 3.8) is 0 Å². The molecule has 1 N–H and O–H groups in total. The Balaban J connectivity index is 2.23. The summed E-state index contributed by atoms with van der Waals surface area (Å²) in [5.41, 5.74) is 2.67. The van der Waals surface area contributed by atoms with Gasteiger partial charge < -0.3 is 19.7 Å². The number of ether oxygens (including phenoxy) is 2. The van der Waals surface area contributed by atoms with Gasteiger partial charge in [-0.2, -0.15) is 0 Å². The maximum absolute atomic E-state index is 13.3. The van der Waals surface area contributed by atoms with E-state index in [1.165, 1.54) is 0 Å². The molecule has 0 saturated carbocycles. The number of hydrogen-bond donors (Lipinski definition) is 1. The summed E-state index contributed by atoms with van der Waals surface area (Å²) in [6, 6.07) is 10.5. The van der Waals surface area contributed by atoms with Crippen molar-refractivity contribution in [2.75, 3.05) is 20.3 Å². The number of methoxy groups -OCH3 is 1. The van der Waals surface area contributed by atoms with Crippen molar-refractivity contribution >= 4 is 23.4 Å². The number of rotatable bonds is 11. The van der Waals surface area contributed by atoms with Gasteiger partial charge in [0.2, 0.25) is 5.91 Å². The highest BCUT2D eigenvalue weighted by molar-refractivity contribution is 6.32. The summed E-state index contributed by atoms with van der Waals surface area (Å²) >= 11 is 6.24. The van der Waals surface area contributed by atoms with Gasteiger partial charge in [0, 0.05) is 18.1 Å². The highest BCUT2D eigenvalue weighted by Gasteiger charge is 2.29. The van der Waals surface area contributed by atoms with Crippen LogP contribution in [0.2, 0.25) is 5.02 Å². The zero-order valence-corrected chi connectivity index (χ0v) is 21.2. The van der Waals surface area contributed by atoms with Gasteiger partial charge in [0.15, 0.2) is 6.61 Å². The molecule has 0 aliphatic rings. The molecule has 7 heteroatoms. The average Bonchev–Trinajstić information content (AvgIpc) is 2.79. The van der Waals surface area contributed by atoms with Crippen LogP contribution in [-0.2, 0) is 16.1 Å². The van der Waals surface area contributed by atoms with Crippen LogP contribution in [0, 0.1) is 19.8 Å². The monoisotopic (exact) mass is 474 g/mol. The van der Waals surface area contributed by atoms with Gasteiger partial charge in [-0.15, -0.1) is 0 Å². The van der Waals surface area contributed by atoms with E-state index in [-0.39, 0.29) is 18.4 Å². The molecular weight excluding hydrogens is 440 g/mol. The second kappa shape index (κ2) is 12.5. The summed E-state index contributed by atoms with van der Waals surface area (Å²) in [4.78, 5) is 27.8. The van der Waals surface area contributed by atoms with Gasteiger partial charge in [0.1, 0.15) is 17.5 Å². The smallest absolute Gasteiger partial charge is 0.261 e.